The minimum Gasteiger partial charge on any atom is -0.392 e. The van der Waals surface area contributed by atoms with Gasteiger partial charge < -0.3 is 19.4 Å². The smallest absolute Gasteiger partial charge is 0.392 e. The number of sulfone groups is 1. The van der Waals surface area contributed by atoms with Crippen LogP contribution >= 0.6 is 15.9 Å². The first-order chi connectivity index (χ1) is 15.4. The van der Waals surface area contributed by atoms with E-state index in [1.807, 2.05) is 30.3 Å². The Morgan fingerprint density at radius 1 is 0.906 bits per heavy atom. The molecule has 0 spiro atoms. The zero-order chi connectivity index (χ0) is 23.4. The number of hydrogen-bond acceptors (Lipinski definition) is 5. The van der Waals surface area contributed by atoms with Gasteiger partial charge in [0.15, 0.2) is 23.1 Å². The summed E-state index contributed by atoms with van der Waals surface area (Å²) in [5, 5.41) is 11.1. The minimum absolute atomic E-state index is 0.0571. The van der Waals surface area contributed by atoms with Gasteiger partial charge in [-0.3, -0.25) is 0 Å². The molecule has 2 rings (SSSR count). The van der Waals surface area contributed by atoms with E-state index in [9.17, 15) is 18.3 Å². The Morgan fingerprint density at radius 3 is 2.12 bits per heavy atom. The van der Waals surface area contributed by atoms with E-state index in [1.165, 1.54) is 12.1 Å². The second kappa shape index (κ2) is 13.4. The maximum absolute atomic E-state index is 11.8. The zero-order valence-electron chi connectivity index (χ0n) is 18.2. The average Bonchev–Trinajstić information content (AvgIpc) is 2.79. The van der Waals surface area contributed by atoms with Crippen LogP contribution in [0.2, 0.25) is 0 Å². The van der Waals surface area contributed by atoms with Crippen molar-refractivity contribution in [3.63, 3.8) is 0 Å². The third-order valence-corrected chi connectivity index (χ3v) is 6.56. The first-order valence-electron chi connectivity index (χ1n) is 10.4. The number of rotatable bonds is 12. The number of hydrogen-bond donors (Lipinski definition) is 1. The molecule has 2 aromatic rings. The van der Waals surface area contributed by atoms with Crippen LogP contribution in [0.25, 0.3) is 11.1 Å². The van der Waals surface area contributed by atoms with Gasteiger partial charge in [0.2, 0.25) is 0 Å². The number of carbonyl (C=O) groups excluding carboxylic acids is 1. The number of benzene rings is 2. The Balaban J connectivity index is 2.18. The lowest BCUT2D eigenvalue weighted by Gasteiger charge is -2.13. The molecular weight excluding hydrogens is 496 g/mol. The first kappa shape index (κ1) is 26.1. The van der Waals surface area contributed by atoms with Crippen LogP contribution in [-0.4, -0.2) is 55.9 Å². The van der Waals surface area contributed by atoms with Gasteiger partial charge in [-0.05, 0) is 48.1 Å². The van der Waals surface area contributed by atoms with Crippen LogP contribution in [0, 0.1) is 0 Å². The molecule has 0 saturated heterocycles. The predicted octanol–water partition coefficient (Wildman–Crippen LogP) is 4.44. The van der Waals surface area contributed by atoms with Crippen molar-refractivity contribution in [1.29, 1.82) is 0 Å². The van der Waals surface area contributed by atoms with E-state index in [0.717, 1.165) is 42.8 Å². The monoisotopic (exact) mass is 525 g/mol. The summed E-state index contributed by atoms with van der Waals surface area (Å²) in [7, 11) is -3.33. The Morgan fingerprint density at radius 2 is 1.53 bits per heavy atom. The maximum atomic E-state index is 11.8. The number of ether oxygens (including phenoxy) is 2. The van der Waals surface area contributed by atoms with Gasteiger partial charge >= 0.3 is 6.16 Å². The third kappa shape index (κ3) is 8.41. The summed E-state index contributed by atoms with van der Waals surface area (Å²) in [6.07, 6.45) is 4.61. The van der Waals surface area contributed by atoms with E-state index >= 15 is 0 Å². The van der Waals surface area contributed by atoms with E-state index in [-0.39, 0.29) is 18.1 Å². The predicted molar refractivity (Wildman–Crippen MR) is 131 cm³/mol. The van der Waals surface area contributed by atoms with Crippen molar-refractivity contribution in [2.24, 2.45) is 0 Å². The Kier molecular flexibility index (Phi) is 10.9. The normalized spacial score (nSPS) is 12.2. The fourth-order valence-corrected chi connectivity index (χ4v) is 4.16. The highest BCUT2D eigenvalue weighted by atomic mass is 79.9. The summed E-state index contributed by atoms with van der Waals surface area (Å²) in [6, 6.07) is 15.7. The van der Waals surface area contributed by atoms with Gasteiger partial charge in [-0.2, -0.15) is 0 Å². The van der Waals surface area contributed by atoms with Gasteiger partial charge in [0.25, 0.3) is 0 Å². The molecule has 6 nitrogen and oxygen atoms in total. The third-order valence-electron chi connectivity index (χ3n) is 4.87. The zero-order valence-corrected chi connectivity index (χ0v) is 20.6. The summed E-state index contributed by atoms with van der Waals surface area (Å²) in [6.45, 7) is 0.0337. The van der Waals surface area contributed by atoms with E-state index < -0.39 is 16.0 Å². The molecule has 0 aliphatic heterocycles. The van der Waals surface area contributed by atoms with Gasteiger partial charge in [-0.15, -0.1) is 0 Å². The largest absolute Gasteiger partial charge is 0.712 e. The second-order valence-electron chi connectivity index (χ2n) is 7.28. The lowest BCUT2D eigenvalue weighted by atomic mass is 9.95. The second-order valence-corrected chi connectivity index (χ2v) is 10.1. The molecule has 0 saturated carbocycles. The van der Waals surface area contributed by atoms with Crippen molar-refractivity contribution in [3.8, 4) is 0 Å². The van der Waals surface area contributed by atoms with Gasteiger partial charge in [-0.25, -0.2) is 8.42 Å². The molecule has 0 heterocycles. The number of aliphatic hydroxyl groups is 1. The van der Waals surface area contributed by atoms with Crippen LogP contribution in [-0.2, 0) is 19.3 Å². The summed E-state index contributed by atoms with van der Waals surface area (Å²) in [5.74, 6) is 0. The topological polar surface area (TPSA) is 94.2 Å². The average molecular weight is 526 g/mol. The van der Waals surface area contributed by atoms with Crippen molar-refractivity contribution in [2.75, 3.05) is 31.4 Å². The fourth-order valence-electron chi connectivity index (χ4n) is 3.13. The highest BCUT2D eigenvalue weighted by molar-refractivity contribution is 9.09. The molecule has 0 bridgehead atoms. The van der Waals surface area contributed by atoms with Crippen LogP contribution in [0.15, 0.2) is 59.5 Å². The highest BCUT2D eigenvalue weighted by Gasteiger charge is 2.20. The molecule has 0 amide bonds. The molecule has 0 aliphatic carbocycles. The standard InChI is InChI=1S/C24H29BrO6S/c1-32(28,29)21-13-11-20(12-14-21)23(22(17-26)19-9-5-4-6-10-19)18-31-24(27)30-16-8-3-2-7-15-25/h4-6,9-14,26H,2-3,7-8,15-18H2,1H3/p+1/b23-22-. The van der Waals surface area contributed by atoms with Crippen molar-refractivity contribution < 1.29 is 27.8 Å². The number of halogens is 1. The van der Waals surface area contributed by atoms with Crippen molar-refractivity contribution >= 4 is 43.1 Å². The van der Waals surface area contributed by atoms with Crippen molar-refractivity contribution in [2.45, 2.75) is 30.6 Å². The Hall–Kier alpha value is -2.16. The highest BCUT2D eigenvalue weighted by Crippen LogP contribution is 2.27. The summed E-state index contributed by atoms with van der Waals surface area (Å²) in [4.78, 5) is 10.2. The Bertz CT molecular complexity index is 985. The van der Waals surface area contributed by atoms with Crippen LogP contribution < -0.4 is 0 Å². The lowest BCUT2D eigenvalue weighted by molar-refractivity contribution is 0.143. The molecule has 0 atom stereocenters. The van der Waals surface area contributed by atoms with Crippen molar-refractivity contribution in [3.05, 3.63) is 65.7 Å². The van der Waals surface area contributed by atoms with Crippen molar-refractivity contribution in [1.82, 2.24) is 0 Å². The van der Waals surface area contributed by atoms with Gasteiger partial charge in [0.1, 0.15) is 0 Å². The molecule has 2 aromatic carbocycles. The number of unbranched alkanes of at least 4 members (excludes halogenated alkanes) is 3. The Labute approximate surface area is 198 Å². The molecule has 0 fully saturated rings. The molecule has 0 aromatic heterocycles. The summed E-state index contributed by atoms with van der Waals surface area (Å²) in [5.41, 5.74) is 2.70. The van der Waals surface area contributed by atoms with Crippen LogP contribution in [0.1, 0.15) is 36.8 Å². The van der Waals surface area contributed by atoms with Gasteiger partial charge in [-0.1, -0.05) is 64.8 Å². The molecule has 32 heavy (non-hydrogen) atoms. The first-order valence-corrected chi connectivity index (χ1v) is 13.4. The maximum Gasteiger partial charge on any atom is 0.712 e. The van der Waals surface area contributed by atoms with E-state index in [2.05, 4.69) is 15.9 Å². The summed E-state index contributed by atoms with van der Waals surface area (Å²) >= 11 is 3.40. The van der Waals surface area contributed by atoms with Gasteiger partial charge in [0, 0.05) is 17.2 Å². The molecule has 0 radical (unpaired) electrons. The van der Waals surface area contributed by atoms with Crippen LogP contribution in [0.4, 0.5) is 0 Å². The molecule has 0 unspecified atom stereocenters. The summed E-state index contributed by atoms with van der Waals surface area (Å²) < 4.78 is 34.3. The lowest BCUT2D eigenvalue weighted by Crippen LogP contribution is -2.14. The molecule has 174 valence electrons. The SMILES string of the molecule is CS(=O)(=O)c1ccc(/C(COC(=[OH+])OCCCCCCBr)=C(/CO)c2ccccc2)cc1. The van der Waals surface area contributed by atoms with E-state index in [4.69, 9.17) is 9.47 Å². The van der Waals surface area contributed by atoms with Gasteiger partial charge in [0.05, 0.1) is 11.5 Å². The van der Waals surface area contributed by atoms with Crippen LogP contribution in [0.5, 0.6) is 0 Å². The number of aliphatic hydroxyl groups excluding tert-OH is 1. The van der Waals surface area contributed by atoms with E-state index in [0.29, 0.717) is 23.3 Å². The quantitative estimate of drug-likeness (QED) is 0.145. The molecule has 8 heteroatoms. The van der Waals surface area contributed by atoms with E-state index in [1.54, 1.807) is 12.1 Å². The van der Waals surface area contributed by atoms with Crippen LogP contribution in [0.3, 0.4) is 0 Å². The molecular formula is C24H30BrO6S+. The molecule has 0 aliphatic rings. The molecule has 2 N–H and O–H groups in total. The fraction of sp³-hybridized carbons (Fsp3) is 0.375. The number of alkyl halides is 1. The minimum atomic E-state index is -3.33.